The third kappa shape index (κ3) is 4.80. The van der Waals surface area contributed by atoms with E-state index in [0.29, 0.717) is 23.8 Å². The Morgan fingerprint density at radius 1 is 0.973 bits per heavy atom. The normalized spacial score (nSPS) is 32.3. The van der Waals surface area contributed by atoms with E-state index in [1.54, 1.807) is 6.92 Å². The van der Waals surface area contributed by atoms with Gasteiger partial charge in [0.2, 0.25) is 6.61 Å². The molecule has 0 spiro atoms. The number of para-hydroxylation sites is 2. The van der Waals surface area contributed by atoms with Crippen LogP contribution < -0.4 is 5.56 Å². The Morgan fingerprint density at radius 3 is 2.35 bits per heavy atom. The number of rotatable bonds is 6. The molecule has 37 heavy (non-hydrogen) atoms. The number of carboxylic acid groups (broad SMARTS) is 1. The number of aromatic nitrogens is 2. The van der Waals surface area contributed by atoms with Crippen molar-refractivity contribution in [1.82, 2.24) is 14.5 Å². The van der Waals surface area contributed by atoms with Crippen molar-refractivity contribution in [2.24, 2.45) is 17.0 Å². The van der Waals surface area contributed by atoms with Crippen LogP contribution in [0.15, 0.2) is 34.2 Å². The number of nitrogens with zero attached hydrogens (tertiary/aromatic N) is 4. The molecule has 6 rings (SSSR count). The Bertz CT molecular complexity index is 1230. The van der Waals surface area contributed by atoms with Crippen LogP contribution in [0.2, 0.25) is 0 Å². The maximum absolute atomic E-state index is 13.9. The maximum atomic E-state index is 13.9. The molecule has 2 aliphatic heterocycles. The van der Waals surface area contributed by atoms with Crippen LogP contribution >= 0.6 is 0 Å². The first-order valence-corrected chi connectivity index (χ1v) is 14.2. The Labute approximate surface area is 217 Å². The molecular formula is C29H38N4O4. The van der Waals surface area contributed by atoms with Crippen LogP contribution in [-0.2, 0) is 9.63 Å². The highest BCUT2D eigenvalue weighted by Crippen LogP contribution is 2.47. The molecule has 2 aromatic rings. The fourth-order valence-electron chi connectivity index (χ4n) is 8.12. The lowest BCUT2D eigenvalue weighted by Gasteiger charge is -2.55. The fraction of sp³-hybridized carbons (Fsp3) is 0.655. The van der Waals surface area contributed by atoms with Gasteiger partial charge in [-0.15, -0.1) is 0 Å². The Hall–Kier alpha value is -2.74. The molecule has 6 atom stereocenters. The minimum Gasteiger partial charge on any atom is -0.479 e. The van der Waals surface area contributed by atoms with Crippen LogP contribution in [-0.4, -0.2) is 56.0 Å². The van der Waals surface area contributed by atoms with E-state index < -0.39 is 12.6 Å². The monoisotopic (exact) mass is 506 g/mol. The summed E-state index contributed by atoms with van der Waals surface area (Å²) in [6, 6.07) is 9.69. The van der Waals surface area contributed by atoms with Gasteiger partial charge in [0.1, 0.15) is 5.71 Å². The number of oxime groups is 1. The van der Waals surface area contributed by atoms with E-state index in [4.69, 9.17) is 9.94 Å². The van der Waals surface area contributed by atoms with Gasteiger partial charge in [0.05, 0.1) is 11.0 Å². The molecule has 2 aliphatic carbocycles. The lowest BCUT2D eigenvalue weighted by molar-refractivity contribution is -0.142. The number of fused-ring (bicyclic) bond motifs is 5. The molecule has 8 heteroatoms. The topological polar surface area (TPSA) is 97.0 Å². The van der Waals surface area contributed by atoms with Gasteiger partial charge in [-0.3, -0.25) is 9.69 Å². The SMILES string of the molecule is CC(=NOCC(=O)O)c1nc2ccccc2n(C2C[C@H]3CCC[C@@H](C2)N3C2C[C@H]3CCC[C@@H](C2)C3)c1=O. The third-order valence-corrected chi connectivity index (χ3v) is 9.42. The molecule has 4 bridgehead atoms. The predicted octanol–water partition coefficient (Wildman–Crippen LogP) is 4.75. The van der Waals surface area contributed by atoms with Gasteiger partial charge in [0.25, 0.3) is 5.56 Å². The fourth-order valence-corrected chi connectivity index (χ4v) is 8.12. The molecule has 1 aromatic carbocycles. The molecule has 8 nitrogen and oxygen atoms in total. The Morgan fingerprint density at radius 2 is 1.65 bits per heavy atom. The molecule has 0 amide bonds. The quantitative estimate of drug-likeness (QED) is 0.449. The zero-order chi connectivity index (χ0) is 25.5. The second kappa shape index (κ2) is 10.2. The maximum Gasteiger partial charge on any atom is 0.344 e. The number of benzene rings is 1. The molecule has 2 unspecified atom stereocenters. The summed E-state index contributed by atoms with van der Waals surface area (Å²) in [4.78, 5) is 37.2. The van der Waals surface area contributed by atoms with Crippen LogP contribution in [0.3, 0.4) is 0 Å². The largest absolute Gasteiger partial charge is 0.479 e. The third-order valence-electron chi connectivity index (χ3n) is 9.42. The molecule has 2 saturated carbocycles. The van der Waals surface area contributed by atoms with Gasteiger partial charge in [-0.25, -0.2) is 9.78 Å². The first-order chi connectivity index (χ1) is 18.0. The van der Waals surface area contributed by atoms with Crippen molar-refractivity contribution in [3.63, 3.8) is 0 Å². The lowest BCUT2D eigenvalue weighted by Crippen LogP contribution is -2.58. The second-order valence-corrected chi connectivity index (χ2v) is 11.8. The van der Waals surface area contributed by atoms with E-state index in [0.717, 1.165) is 35.7 Å². The molecule has 3 heterocycles. The average Bonchev–Trinajstić information content (AvgIpc) is 2.87. The molecule has 1 aromatic heterocycles. The van der Waals surface area contributed by atoms with E-state index >= 15 is 0 Å². The lowest BCUT2D eigenvalue weighted by atomic mass is 9.68. The molecule has 2 saturated heterocycles. The number of carboxylic acids is 1. The van der Waals surface area contributed by atoms with Crippen molar-refractivity contribution < 1.29 is 14.7 Å². The smallest absolute Gasteiger partial charge is 0.344 e. The van der Waals surface area contributed by atoms with Crippen LogP contribution in [0, 0.1) is 11.8 Å². The van der Waals surface area contributed by atoms with Crippen molar-refractivity contribution in [3.05, 3.63) is 40.3 Å². The number of carbonyl (C=O) groups is 1. The molecule has 4 fully saturated rings. The summed E-state index contributed by atoms with van der Waals surface area (Å²) in [5.74, 6) is 0.715. The zero-order valence-corrected chi connectivity index (χ0v) is 21.7. The number of piperidine rings is 2. The molecule has 0 radical (unpaired) electrons. The molecule has 1 N–H and O–H groups in total. The van der Waals surface area contributed by atoms with Gasteiger partial charge in [-0.05, 0) is 75.8 Å². The first-order valence-electron chi connectivity index (χ1n) is 14.2. The summed E-state index contributed by atoms with van der Waals surface area (Å²) in [5, 5.41) is 12.8. The van der Waals surface area contributed by atoms with Gasteiger partial charge >= 0.3 is 5.97 Å². The molecular weight excluding hydrogens is 468 g/mol. The van der Waals surface area contributed by atoms with Crippen LogP contribution in [0.25, 0.3) is 11.0 Å². The van der Waals surface area contributed by atoms with Crippen LogP contribution in [0.5, 0.6) is 0 Å². The summed E-state index contributed by atoms with van der Waals surface area (Å²) in [6.45, 7) is 1.10. The summed E-state index contributed by atoms with van der Waals surface area (Å²) in [7, 11) is 0. The van der Waals surface area contributed by atoms with Gasteiger partial charge in [0, 0.05) is 24.2 Å². The van der Waals surface area contributed by atoms with E-state index in [1.165, 1.54) is 57.8 Å². The predicted molar refractivity (Wildman–Crippen MR) is 142 cm³/mol. The first kappa shape index (κ1) is 24.6. The summed E-state index contributed by atoms with van der Waals surface area (Å²) in [5.41, 5.74) is 1.98. The Kier molecular flexibility index (Phi) is 6.78. The highest BCUT2D eigenvalue weighted by molar-refractivity contribution is 5.97. The van der Waals surface area contributed by atoms with Crippen molar-refractivity contribution in [3.8, 4) is 0 Å². The Balaban J connectivity index is 1.32. The highest BCUT2D eigenvalue weighted by atomic mass is 16.6. The van der Waals surface area contributed by atoms with E-state index in [2.05, 4.69) is 15.0 Å². The summed E-state index contributed by atoms with van der Waals surface area (Å²) >= 11 is 0. The van der Waals surface area contributed by atoms with Gasteiger partial charge in [0.15, 0.2) is 5.69 Å². The van der Waals surface area contributed by atoms with Crippen molar-refractivity contribution in [2.45, 2.75) is 102 Å². The zero-order valence-electron chi connectivity index (χ0n) is 21.7. The second-order valence-electron chi connectivity index (χ2n) is 11.8. The van der Waals surface area contributed by atoms with E-state index in [1.807, 2.05) is 28.8 Å². The number of hydrogen-bond acceptors (Lipinski definition) is 6. The van der Waals surface area contributed by atoms with Crippen molar-refractivity contribution >= 4 is 22.7 Å². The van der Waals surface area contributed by atoms with Gasteiger partial charge < -0.3 is 14.5 Å². The number of hydrogen-bond donors (Lipinski definition) is 1. The summed E-state index contributed by atoms with van der Waals surface area (Å²) in [6.07, 6.45) is 14.1. The van der Waals surface area contributed by atoms with E-state index in [9.17, 15) is 9.59 Å². The number of aliphatic carboxylic acids is 1. The van der Waals surface area contributed by atoms with Crippen molar-refractivity contribution in [2.75, 3.05) is 6.61 Å². The van der Waals surface area contributed by atoms with Gasteiger partial charge in [-0.2, -0.15) is 0 Å². The minimum atomic E-state index is -1.11. The van der Waals surface area contributed by atoms with E-state index in [-0.39, 0.29) is 17.3 Å². The molecule has 4 aliphatic rings. The van der Waals surface area contributed by atoms with Crippen LogP contribution in [0.4, 0.5) is 0 Å². The average molecular weight is 507 g/mol. The standard InChI is InChI=1S/C29H38N4O4/c1-18(31-37-17-27(34)35)28-29(36)33(26-11-3-2-10-25(26)30-28)24-15-21-8-5-9-22(16-24)32(21)23-13-19-6-4-7-20(12-19)14-23/h2-3,10-11,19-24H,4-9,12-17H2,1H3,(H,34,35)/t19-,20+,21-,22+,23?,24?. The molecule has 198 valence electrons. The minimum absolute atomic E-state index is 0.113. The van der Waals surface area contributed by atoms with Crippen LogP contribution in [0.1, 0.15) is 89.3 Å². The van der Waals surface area contributed by atoms with Gasteiger partial charge in [-0.1, -0.05) is 43.0 Å². The summed E-state index contributed by atoms with van der Waals surface area (Å²) < 4.78 is 1.96. The highest BCUT2D eigenvalue weighted by Gasteiger charge is 2.45. The van der Waals surface area contributed by atoms with Crippen molar-refractivity contribution in [1.29, 1.82) is 0 Å².